The van der Waals surface area contributed by atoms with Crippen molar-refractivity contribution >= 4 is 38.3 Å². The van der Waals surface area contributed by atoms with Crippen LogP contribution in [-0.2, 0) is 0 Å². The Bertz CT molecular complexity index is 654. The van der Waals surface area contributed by atoms with E-state index in [4.69, 9.17) is 0 Å². The molecule has 2 heterocycles. The molecule has 0 aliphatic rings. The van der Waals surface area contributed by atoms with Gasteiger partial charge < -0.3 is 0 Å². The molecule has 0 unspecified atom stereocenters. The van der Waals surface area contributed by atoms with Crippen LogP contribution >= 0.6 is 23.1 Å². The minimum absolute atomic E-state index is 0.664. The van der Waals surface area contributed by atoms with Crippen LogP contribution in [0.4, 0.5) is 0 Å². The van der Waals surface area contributed by atoms with Crippen molar-refractivity contribution in [3.05, 3.63) is 24.3 Å². The highest BCUT2D eigenvalue weighted by Gasteiger charge is 2.12. The number of para-hydroxylation sites is 1. The zero-order valence-corrected chi connectivity index (χ0v) is 11.4. The number of rotatable bonds is 3. The van der Waals surface area contributed by atoms with Crippen LogP contribution in [0.1, 0.15) is 13.8 Å². The number of thiazole rings is 1. The molecule has 2 aromatic heterocycles. The molecule has 3 rings (SSSR count). The summed E-state index contributed by atoms with van der Waals surface area (Å²) in [4.78, 5) is 0.984. The summed E-state index contributed by atoms with van der Waals surface area (Å²) in [7, 11) is 0. The van der Waals surface area contributed by atoms with Gasteiger partial charge >= 0.3 is 0 Å². The van der Waals surface area contributed by atoms with Gasteiger partial charge in [0.2, 0.25) is 4.96 Å². The summed E-state index contributed by atoms with van der Waals surface area (Å²) >= 11 is 3.47. The highest BCUT2D eigenvalue weighted by atomic mass is 32.2. The van der Waals surface area contributed by atoms with E-state index in [9.17, 15) is 0 Å². The smallest absolute Gasteiger partial charge is 0.217 e. The van der Waals surface area contributed by atoms with Crippen LogP contribution in [0.3, 0.4) is 0 Å². The third-order valence-corrected chi connectivity index (χ3v) is 4.82. The number of hydrogen-bond acceptors (Lipinski definition) is 4. The van der Waals surface area contributed by atoms with Crippen LogP contribution in [0, 0.1) is 5.92 Å². The Morgan fingerprint density at radius 2 is 2.12 bits per heavy atom. The molecule has 3 aromatic rings. The number of fused-ring (bicyclic) bond motifs is 3. The molecule has 17 heavy (non-hydrogen) atoms. The van der Waals surface area contributed by atoms with Crippen molar-refractivity contribution in [3.8, 4) is 0 Å². The van der Waals surface area contributed by atoms with Gasteiger partial charge in [0.1, 0.15) is 0 Å². The van der Waals surface area contributed by atoms with Crippen LogP contribution < -0.4 is 0 Å². The lowest BCUT2D eigenvalue weighted by Crippen LogP contribution is -1.93. The zero-order valence-electron chi connectivity index (χ0n) is 9.75. The molecule has 0 radical (unpaired) electrons. The summed E-state index contributed by atoms with van der Waals surface area (Å²) in [5, 5.41) is 9.51. The molecule has 0 spiro atoms. The molecule has 1 aromatic carbocycles. The van der Waals surface area contributed by atoms with Gasteiger partial charge in [0, 0.05) is 5.75 Å². The van der Waals surface area contributed by atoms with E-state index in [1.165, 1.54) is 10.2 Å². The minimum atomic E-state index is 0.664. The molecule has 0 bridgehead atoms. The summed E-state index contributed by atoms with van der Waals surface area (Å²) in [5.41, 5.74) is 1.21. The molecule has 0 aliphatic heterocycles. The minimum Gasteiger partial charge on any atom is -0.260 e. The van der Waals surface area contributed by atoms with Crippen LogP contribution in [0.5, 0.6) is 0 Å². The van der Waals surface area contributed by atoms with Crippen LogP contribution in [0.2, 0.25) is 0 Å². The summed E-state index contributed by atoms with van der Waals surface area (Å²) in [5.74, 6) is 1.74. The Morgan fingerprint density at radius 3 is 2.94 bits per heavy atom. The lowest BCUT2D eigenvalue weighted by Gasteiger charge is -2.01. The van der Waals surface area contributed by atoms with Crippen molar-refractivity contribution < 1.29 is 0 Å². The van der Waals surface area contributed by atoms with Crippen molar-refractivity contribution in [2.45, 2.75) is 19.0 Å². The third-order valence-electron chi connectivity index (χ3n) is 2.46. The van der Waals surface area contributed by atoms with Crippen LogP contribution in [0.15, 0.2) is 29.4 Å². The molecule has 0 amide bonds. The van der Waals surface area contributed by atoms with E-state index < -0.39 is 0 Å². The molecule has 0 fully saturated rings. The fourth-order valence-electron chi connectivity index (χ4n) is 1.69. The van der Waals surface area contributed by atoms with Gasteiger partial charge in [-0.05, 0) is 18.1 Å². The molecule has 88 valence electrons. The number of aromatic nitrogens is 3. The molecular weight excluding hydrogens is 250 g/mol. The predicted molar refractivity (Wildman–Crippen MR) is 73.9 cm³/mol. The average Bonchev–Trinajstić information content (AvgIpc) is 2.84. The average molecular weight is 263 g/mol. The van der Waals surface area contributed by atoms with Gasteiger partial charge in [-0.1, -0.05) is 49.1 Å². The maximum absolute atomic E-state index is 4.26. The normalized spacial score (nSPS) is 11.9. The van der Waals surface area contributed by atoms with E-state index in [0.717, 1.165) is 15.9 Å². The van der Waals surface area contributed by atoms with Crippen molar-refractivity contribution in [3.63, 3.8) is 0 Å². The maximum atomic E-state index is 4.26. The van der Waals surface area contributed by atoms with Gasteiger partial charge in [-0.15, -0.1) is 10.2 Å². The fourth-order valence-corrected chi connectivity index (χ4v) is 3.61. The van der Waals surface area contributed by atoms with Crippen molar-refractivity contribution in [1.29, 1.82) is 0 Å². The standard InChI is InChI=1S/C12H13N3S2/c1-8(2)7-16-11-13-14-12-15(11)9-5-3-4-6-10(9)17-12/h3-6,8H,7H2,1-2H3. The molecule has 0 N–H and O–H groups in total. The number of nitrogens with zero attached hydrogens (tertiary/aromatic N) is 3. The first-order chi connectivity index (χ1) is 8.25. The second-order valence-electron chi connectivity index (χ2n) is 4.38. The van der Waals surface area contributed by atoms with Crippen molar-refractivity contribution in [1.82, 2.24) is 14.6 Å². The molecule has 5 heteroatoms. The maximum Gasteiger partial charge on any atom is 0.217 e. The largest absolute Gasteiger partial charge is 0.260 e. The Kier molecular flexibility index (Phi) is 2.80. The van der Waals surface area contributed by atoms with E-state index in [1.807, 2.05) is 0 Å². The van der Waals surface area contributed by atoms with Gasteiger partial charge in [0.05, 0.1) is 10.2 Å². The second-order valence-corrected chi connectivity index (χ2v) is 6.37. The van der Waals surface area contributed by atoms with Gasteiger partial charge in [-0.25, -0.2) is 0 Å². The Morgan fingerprint density at radius 1 is 1.29 bits per heavy atom. The SMILES string of the molecule is CC(C)CSc1nnc2sc3ccccc3n12. The monoisotopic (exact) mass is 263 g/mol. The van der Waals surface area contributed by atoms with Crippen LogP contribution in [0.25, 0.3) is 15.2 Å². The van der Waals surface area contributed by atoms with Crippen LogP contribution in [-0.4, -0.2) is 20.4 Å². The zero-order chi connectivity index (χ0) is 11.8. The first-order valence-corrected chi connectivity index (χ1v) is 7.41. The molecule has 0 aliphatic carbocycles. The summed E-state index contributed by atoms with van der Waals surface area (Å²) in [6.45, 7) is 4.44. The first-order valence-electron chi connectivity index (χ1n) is 5.61. The predicted octanol–water partition coefficient (Wildman–Crippen LogP) is 3.69. The molecule has 0 saturated carbocycles. The quantitative estimate of drug-likeness (QED) is 0.675. The summed E-state index contributed by atoms with van der Waals surface area (Å²) < 4.78 is 3.43. The van der Waals surface area contributed by atoms with E-state index in [2.05, 4.69) is 52.7 Å². The van der Waals surface area contributed by atoms with E-state index in [0.29, 0.717) is 5.92 Å². The third kappa shape index (κ3) is 1.93. The topological polar surface area (TPSA) is 30.2 Å². The van der Waals surface area contributed by atoms with Gasteiger partial charge in [-0.2, -0.15) is 0 Å². The molecular formula is C12H13N3S2. The van der Waals surface area contributed by atoms with E-state index in [-0.39, 0.29) is 0 Å². The van der Waals surface area contributed by atoms with Gasteiger partial charge in [-0.3, -0.25) is 4.40 Å². The van der Waals surface area contributed by atoms with Crippen molar-refractivity contribution in [2.24, 2.45) is 5.92 Å². The van der Waals surface area contributed by atoms with E-state index in [1.54, 1.807) is 23.1 Å². The number of benzene rings is 1. The summed E-state index contributed by atoms with van der Waals surface area (Å²) in [6, 6.07) is 8.38. The molecule has 0 saturated heterocycles. The van der Waals surface area contributed by atoms with E-state index >= 15 is 0 Å². The van der Waals surface area contributed by atoms with Gasteiger partial charge in [0.15, 0.2) is 5.16 Å². The highest BCUT2D eigenvalue weighted by molar-refractivity contribution is 7.99. The lowest BCUT2D eigenvalue weighted by molar-refractivity contribution is 0.747. The lowest BCUT2D eigenvalue weighted by atomic mass is 10.3. The Labute approximate surface area is 108 Å². The summed E-state index contributed by atoms with van der Waals surface area (Å²) in [6.07, 6.45) is 0. The Hall–Kier alpha value is -1.07. The molecule has 0 atom stereocenters. The number of hydrogen-bond donors (Lipinski definition) is 0. The molecule has 3 nitrogen and oxygen atoms in total. The Balaban J connectivity index is 2.12. The van der Waals surface area contributed by atoms with Gasteiger partial charge in [0.25, 0.3) is 0 Å². The fraction of sp³-hybridized carbons (Fsp3) is 0.333. The van der Waals surface area contributed by atoms with Crippen molar-refractivity contribution in [2.75, 3.05) is 5.75 Å². The number of thioether (sulfide) groups is 1. The highest BCUT2D eigenvalue weighted by Crippen LogP contribution is 2.29. The first kappa shape index (κ1) is 11.0. The second kappa shape index (κ2) is 4.31.